The van der Waals surface area contributed by atoms with Crippen molar-refractivity contribution in [2.45, 2.75) is 0 Å². The van der Waals surface area contributed by atoms with Crippen molar-refractivity contribution in [3.05, 3.63) is 30.7 Å². The van der Waals surface area contributed by atoms with Crippen LogP contribution in [-0.2, 0) is 0 Å². The van der Waals surface area contributed by atoms with Crippen LogP contribution in [-0.4, -0.2) is 19.1 Å². The summed E-state index contributed by atoms with van der Waals surface area (Å²) >= 11 is 1.54. The summed E-state index contributed by atoms with van der Waals surface area (Å²) in [6.45, 7) is 0. The maximum atomic E-state index is 4.26. The minimum absolute atomic E-state index is 0.961. The van der Waals surface area contributed by atoms with Crippen molar-refractivity contribution in [3.63, 3.8) is 0 Å². The molecule has 2 heterocycles. The van der Waals surface area contributed by atoms with Crippen molar-refractivity contribution < 1.29 is 0 Å². The molecule has 0 aromatic carbocycles. The molecule has 0 saturated carbocycles. The molecule has 1 N–H and O–H groups in total. The lowest BCUT2D eigenvalue weighted by atomic mass is 10.4. The van der Waals surface area contributed by atoms with Crippen molar-refractivity contribution in [2.24, 2.45) is 0 Å². The third-order valence-electron chi connectivity index (χ3n) is 1.87. The Morgan fingerprint density at radius 2 is 2.36 bits per heavy atom. The minimum atomic E-state index is 0.961. The maximum Gasteiger partial charge on any atom is 0.130 e. The number of hydrogen-bond donors (Lipinski definition) is 1. The number of anilines is 2. The van der Waals surface area contributed by atoms with Crippen LogP contribution in [0.2, 0.25) is 0 Å². The van der Waals surface area contributed by atoms with Crippen LogP contribution in [0.25, 0.3) is 0 Å². The molecule has 0 atom stereocenters. The first-order valence-corrected chi connectivity index (χ1v) is 5.06. The average Bonchev–Trinajstić information content (AvgIpc) is 2.71. The predicted molar refractivity (Wildman–Crippen MR) is 60.9 cm³/mol. The second kappa shape index (κ2) is 3.79. The van der Waals surface area contributed by atoms with E-state index in [2.05, 4.69) is 14.0 Å². The van der Waals surface area contributed by atoms with E-state index in [0.29, 0.717) is 0 Å². The predicted octanol–water partition coefficient (Wildman–Crippen LogP) is 1.59. The van der Waals surface area contributed by atoms with E-state index in [1.54, 1.807) is 12.1 Å². The molecule has 14 heavy (non-hydrogen) atoms. The van der Waals surface area contributed by atoms with E-state index in [1.807, 2.05) is 49.7 Å². The van der Waals surface area contributed by atoms with Gasteiger partial charge in [-0.15, -0.1) is 0 Å². The molecule has 0 spiro atoms. The first-order valence-electron chi connectivity index (χ1n) is 4.29. The summed E-state index contributed by atoms with van der Waals surface area (Å²) in [6, 6.07) is 4.03. The van der Waals surface area contributed by atoms with E-state index in [0.717, 1.165) is 11.5 Å². The Morgan fingerprint density at radius 1 is 1.50 bits per heavy atom. The maximum absolute atomic E-state index is 4.26. The van der Waals surface area contributed by atoms with Crippen molar-refractivity contribution in [1.82, 2.24) is 9.71 Å². The van der Waals surface area contributed by atoms with Gasteiger partial charge >= 0.3 is 0 Å². The standard InChI is InChI=1S/C9H12N4S/c1-12(2)9-7-8(3-4-10-9)13-6-5-11-14-13/h3-7,11H,1-2H3. The summed E-state index contributed by atoms with van der Waals surface area (Å²) in [7, 11) is 3.97. The van der Waals surface area contributed by atoms with Crippen molar-refractivity contribution in [1.29, 1.82) is 0 Å². The number of nitrogens with one attached hydrogen (secondary N) is 1. The summed E-state index contributed by atoms with van der Waals surface area (Å²) in [6.07, 6.45) is 5.71. The van der Waals surface area contributed by atoms with Gasteiger partial charge in [-0.1, -0.05) is 0 Å². The minimum Gasteiger partial charge on any atom is -0.363 e. The van der Waals surface area contributed by atoms with Gasteiger partial charge in [0.2, 0.25) is 0 Å². The van der Waals surface area contributed by atoms with Gasteiger partial charge in [0.15, 0.2) is 0 Å². The lowest BCUT2D eigenvalue weighted by molar-refractivity contribution is 1.07. The van der Waals surface area contributed by atoms with E-state index in [1.165, 1.54) is 0 Å². The molecular formula is C9H12N4S. The summed E-state index contributed by atoms with van der Waals surface area (Å²) < 4.78 is 5.10. The number of nitrogens with zero attached hydrogens (tertiary/aromatic N) is 3. The van der Waals surface area contributed by atoms with Crippen LogP contribution < -0.4 is 13.9 Å². The average molecular weight is 208 g/mol. The van der Waals surface area contributed by atoms with Gasteiger partial charge in [-0.05, 0) is 6.07 Å². The third-order valence-corrected chi connectivity index (χ3v) is 2.64. The number of rotatable bonds is 2. The van der Waals surface area contributed by atoms with Crippen molar-refractivity contribution >= 4 is 23.6 Å². The Hall–Kier alpha value is -1.36. The van der Waals surface area contributed by atoms with Gasteiger partial charge in [0, 0.05) is 38.8 Å². The smallest absolute Gasteiger partial charge is 0.130 e. The molecule has 1 aliphatic rings. The summed E-state index contributed by atoms with van der Waals surface area (Å²) in [5.41, 5.74) is 1.12. The molecule has 0 saturated heterocycles. The molecule has 5 heteroatoms. The SMILES string of the molecule is CN(C)c1cc(N2C=CNS2)ccn1. The molecule has 4 nitrogen and oxygen atoms in total. The van der Waals surface area contributed by atoms with Crippen molar-refractivity contribution in [3.8, 4) is 0 Å². The molecule has 74 valence electrons. The van der Waals surface area contributed by atoms with E-state index < -0.39 is 0 Å². The number of hydrogen-bond acceptors (Lipinski definition) is 5. The highest BCUT2D eigenvalue weighted by Crippen LogP contribution is 2.26. The van der Waals surface area contributed by atoms with Crippen LogP contribution in [0.3, 0.4) is 0 Å². The summed E-state index contributed by atoms with van der Waals surface area (Å²) in [5.74, 6) is 0.961. The molecule has 0 radical (unpaired) electrons. The van der Waals surface area contributed by atoms with Crippen LogP contribution in [0, 0.1) is 0 Å². The quantitative estimate of drug-likeness (QED) is 0.746. The Balaban J connectivity index is 2.25. The lowest BCUT2D eigenvalue weighted by Crippen LogP contribution is -2.11. The molecule has 1 aromatic heterocycles. The highest BCUT2D eigenvalue weighted by atomic mass is 32.2. The lowest BCUT2D eigenvalue weighted by Gasteiger charge is -2.16. The van der Waals surface area contributed by atoms with Crippen LogP contribution in [0.15, 0.2) is 30.7 Å². The van der Waals surface area contributed by atoms with Gasteiger partial charge in [-0.2, -0.15) is 0 Å². The topological polar surface area (TPSA) is 31.4 Å². The van der Waals surface area contributed by atoms with Gasteiger partial charge in [0.05, 0.1) is 17.8 Å². The Kier molecular flexibility index (Phi) is 2.49. The van der Waals surface area contributed by atoms with Gasteiger partial charge < -0.3 is 9.62 Å². The molecule has 0 aliphatic carbocycles. The molecule has 1 aliphatic heterocycles. The van der Waals surface area contributed by atoms with Gasteiger partial charge in [0.25, 0.3) is 0 Å². The van der Waals surface area contributed by atoms with Crippen molar-refractivity contribution in [2.75, 3.05) is 23.3 Å². The monoisotopic (exact) mass is 208 g/mol. The highest BCUT2D eigenvalue weighted by Gasteiger charge is 2.09. The fourth-order valence-electron chi connectivity index (χ4n) is 1.14. The molecule has 0 amide bonds. The van der Waals surface area contributed by atoms with Gasteiger partial charge in [0.1, 0.15) is 5.82 Å². The zero-order chi connectivity index (χ0) is 9.97. The molecular weight excluding hydrogens is 196 g/mol. The van der Waals surface area contributed by atoms with E-state index >= 15 is 0 Å². The van der Waals surface area contributed by atoms with Crippen LogP contribution in [0.1, 0.15) is 0 Å². The Bertz CT molecular complexity index is 350. The second-order valence-corrected chi connectivity index (χ2v) is 3.93. The summed E-state index contributed by atoms with van der Waals surface area (Å²) in [5, 5.41) is 0. The zero-order valence-electron chi connectivity index (χ0n) is 8.14. The normalized spacial score (nSPS) is 14.3. The van der Waals surface area contributed by atoms with E-state index in [-0.39, 0.29) is 0 Å². The fraction of sp³-hybridized carbons (Fsp3) is 0.222. The molecule has 2 rings (SSSR count). The molecule has 0 bridgehead atoms. The van der Waals surface area contributed by atoms with Gasteiger partial charge in [-0.25, -0.2) is 4.98 Å². The van der Waals surface area contributed by atoms with E-state index in [4.69, 9.17) is 0 Å². The fourth-order valence-corrected chi connectivity index (χ4v) is 1.72. The number of aromatic nitrogens is 1. The Labute approximate surface area is 87.9 Å². The Morgan fingerprint density at radius 3 is 3.00 bits per heavy atom. The molecule has 0 fully saturated rings. The third kappa shape index (κ3) is 1.77. The van der Waals surface area contributed by atoms with Crippen LogP contribution in [0.5, 0.6) is 0 Å². The van der Waals surface area contributed by atoms with Crippen LogP contribution in [0.4, 0.5) is 11.5 Å². The first-order chi connectivity index (χ1) is 6.77. The van der Waals surface area contributed by atoms with E-state index in [9.17, 15) is 0 Å². The molecule has 1 aromatic rings. The number of pyridine rings is 1. The second-order valence-electron chi connectivity index (χ2n) is 3.12. The zero-order valence-corrected chi connectivity index (χ0v) is 8.95. The summed E-state index contributed by atoms with van der Waals surface area (Å²) in [4.78, 5) is 6.24. The first kappa shape index (κ1) is 9.21. The largest absolute Gasteiger partial charge is 0.363 e. The van der Waals surface area contributed by atoms with Crippen LogP contribution >= 0.6 is 12.1 Å². The molecule has 0 unspecified atom stereocenters. The van der Waals surface area contributed by atoms with Gasteiger partial charge in [-0.3, -0.25) is 4.31 Å². The highest BCUT2D eigenvalue weighted by molar-refractivity contribution is 7.99.